The van der Waals surface area contributed by atoms with Gasteiger partial charge in [0.05, 0.1) is 0 Å². The van der Waals surface area contributed by atoms with E-state index in [1.54, 1.807) is 0 Å². The fourth-order valence-corrected chi connectivity index (χ4v) is 3.48. The molecule has 0 heterocycles. The smallest absolute Gasteiger partial charge is 0.326 e. The summed E-state index contributed by atoms with van der Waals surface area (Å²) < 4.78 is 4.84. The molecule has 0 saturated heterocycles. The molecule has 0 aliphatic heterocycles. The van der Waals surface area contributed by atoms with E-state index in [0.717, 1.165) is 25.0 Å². The Morgan fingerprint density at radius 3 is 2.80 bits per heavy atom. The van der Waals surface area contributed by atoms with Gasteiger partial charge in [0, 0.05) is 31.4 Å². The van der Waals surface area contributed by atoms with E-state index in [0.29, 0.717) is 11.9 Å². The molecule has 3 atom stereocenters. The third kappa shape index (κ3) is 6.00. The van der Waals surface area contributed by atoms with Crippen LogP contribution < -0.4 is 10.6 Å². The summed E-state index contributed by atoms with van der Waals surface area (Å²) >= 11 is 1.92. The lowest BCUT2D eigenvalue weighted by Crippen LogP contribution is -2.49. The van der Waals surface area contributed by atoms with Gasteiger partial charge in [0.2, 0.25) is 0 Å². The lowest BCUT2D eigenvalue weighted by atomic mass is 10.2. The number of nitrogens with one attached hydrogen (secondary N) is 2. The van der Waals surface area contributed by atoms with Gasteiger partial charge in [0.25, 0.3) is 0 Å². The second-order valence-corrected chi connectivity index (χ2v) is 6.45. The molecule has 116 valence electrons. The molecule has 1 saturated carbocycles. The van der Waals surface area contributed by atoms with E-state index in [4.69, 9.17) is 9.84 Å². The van der Waals surface area contributed by atoms with Gasteiger partial charge in [-0.3, -0.25) is 0 Å². The second kappa shape index (κ2) is 9.07. The van der Waals surface area contributed by atoms with Gasteiger partial charge >= 0.3 is 12.0 Å². The fourth-order valence-electron chi connectivity index (χ4n) is 2.34. The van der Waals surface area contributed by atoms with Crippen LogP contribution in [0, 0.1) is 0 Å². The zero-order valence-corrected chi connectivity index (χ0v) is 12.9. The number of carboxylic acids is 1. The predicted molar refractivity (Wildman–Crippen MR) is 79.1 cm³/mol. The van der Waals surface area contributed by atoms with E-state index < -0.39 is 18.0 Å². The van der Waals surface area contributed by atoms with Crippen LogP contribution in [0.1, 0.15) is 32.6 Å². The van der Waals surface area contributed by atoms with E-state index in [-0.39, 0.29) is 12.5 Å². The average Bonchev–Trinajstić information content (AvgIpc) is 2.82. The maximum Gasteiger partial charge on any atom is 0.326 e. The highest BCUT2D eigenvalue weighted by Crippen LogP contribution is 2.29. The van der Waals surface area contributed by atoms with E-state index in [1.165, 1.54) is 7.11 Å². The second-order valence-electron chi connectivity index (χ2n) is 4.88. The first-order valence-electron chi connectivity index (χ1n) is 6.97. The molecular weight excluding hydrogens is 280 g/mol. The summed E-state index contributed by atoms with van der Waals surface area (Å²) in [7, 11) is 1.50. The standard InChI is InChI=1S/C13H24N2O4S/c1-3-20-10-5-4-9(8-10)14-13(18)15-11(12(16)17)6-7-19-2/h9-11H,3-8H2,1-2H3,(H,16,17)(H2,14,15,18). The number of amides is 2. The maximum absolute atomic E-state index is 11.8. The zero-order valence-electron chi connectivity index (χ0n) is 12.1. The van der Waals surface area contributed by atoms with E-state index in [1.807, 2.05) is 11.8 Å². The average molecular weight is 304 g/mol. The highest BCUT2D eigenvalue weighted by Gasteiger charge is 2.27. The topological polar surface area (TPSA) is 87.7 Å². The number of ether oxygens (including phenoxy) is 1. The van der Waals surface area contributed by atoms with E-state index in [2.05, 4.69) is 17.6 Å². The van der Waals surface area contributed by atoms with Crippen LogP contribution in [0.15, 0.2) is 0 Å². The Hall–Kier alpha value is -0.950. The summed E-state index contributed by atoms with van der Waals surface area (Å²) in [6, 6.07) is -1.16. The van der Waals surface area contributed by atoms with Gasteiger partial charge < -0.3 is 20.5 Å². The van der Waals surface area contributed by atoms with Gasteiger partial charge in [0.1, 0.15) is 6.04 Å². The van der Waals surface area contributed by atoms with Crippen molar-refractivity contribution in [3.8, 4) is 0 Å². The summed E-state index contributed by atoms with van der Waals surface area (Å²) in [6.07, 6.45) is 3.29. The molecule has 1 aliphatic carbocycles. The summed E-state index contributed by atoms with van der Waals surface area (Å²) in [5, 5.41) is 15.0. The lowest BCUT2D eigenvalue weighted by Gasteiger charge is -2.18. The SMILES string of the molecule is CCSC1CCC(NC(=O)NC(CCOC)C(=O)O)C1. The third-order valence-corrected chi connectivity index (χ3v) is 4.57. The Labute approximate surface area is 124 Å². The lowest BCUT2D eigenvalue weighted by molar-refractivity contribution is -0.139. The van der Waals surface area contributed by atoms with Crippen LogP contribution in [0.25, 0.3) is 0 Å². The summed E-state index contributed by atoms with van der Waals surface area (Å²) in [5.74, 6) is 0.0462. The third-order valence-electron chi connectivity index (χ3n) is 3.34. The molecular formula is C13H24N2O4S. The van der Waals surface area contributed by atoms with Gasteiger partial charge in [-0.15, -0.1) is 0 Å². The van der Waals surface area contributed by atoms with Gasteiger partial charge in [-0.2, -0.15) is 11.8 Å². The van der Waals surface area contributed by atoms with Crippen LogP contribution in [0.5, 0.6) is 0 Å². The van der Waals surface area contributed by atoms with Crippen molar-refractivity contribution < 1.29 is 19.4 Å². The largest absolute Gasteiger partial charge is 0.480 e. The molecule has 0 bridgehead atoms. The number of carbonyl (C=O) groups excluding carboxylic acids is 1. The number of methoxy groups -OCH3 is 1. The van der Waals surface area contributed by atoms with Crippen LogP contribution in [-0.4, -0.2) is 53.9 Å². The monoisotopic (exact) mass is 304 g/mol. The molecule has 3 N–H and O–H groups in total. The first-order valence-corrected chi connectivity index (χ1v) is 8.02. The number of carbonyl (C=O) groups is 2. The molecule has 0 aromatic heterocycles. The zero-order chi connectivity index (χ0) is 15.0. The Bertz CT molecular complexity index is 327. The van der Waals surface area contributed by atoms with Crippen LogP contribution in [-0.2, 0) is 9.53 Å². The van der Waals surface area contributed by atoms with E-state index in [9.17, 15) is 9.59 Å². The molecule has 20 heavy (non-hydrogen) atoms. The van der Waals surface area contributed by atoms with Crippen molar-refractivity contribution in [3.05, 3.63) is 0 Å². The van der Waals surface area contributed by atoms with Crippen molar-refractivity contribution >= 4 is 23.8 Å². The van der Waals surface area contributed by atoms with E-state index >= 15 is 0 Å². The first kappa shape index (κ1) is 17.1. The van der Waals surface area contributed by atoms with Crippen molar-refractivity contribution in [2.45, 2.75) is 49.9 Å². The number of hydrogen-bond acceptors (Lipinski definition) is 4. The van der Waals surface area contributed by atoms with Gasteiger partial charge in [-0.25, -0.2) is 9.59 Å². The van der Waals surface area contributed by atoms with Gasteiger partial charge in [0.15, 0.2) is 0 Å². The minimum absolute atomic E-state index is 0.149. The summed E-state index contributed by atoms with van der Waals surface area (Å²) in [5.41, 5.74) is 0. The summed E-state index contributed by atoms with van der Waals surface area (Å²) in [4.78, 5) is 22.8. The van der Waals surface area contributed by atoms with Crippen molar-refractivity contribution in [3.63, 3.8) is 0 Å². The Morgan fingerprint density at radius 2 is 2.20 bits per heavy atom. The quantitative estimate of drug-likeness (QED) is 0.632. The maximum atomic E-state index is 11.8. The normalized spacial score (nSPS) is 23.3. The van der Waals surface area contributed by atoms with Crippen molar-refractivity contribution in [2.24, 2.45) is 0 Å². The number of urea groups is 1. The van der Waals surface area contributed by atoms with Gasteiger partial charge in [-0.1, -0.05) is 6.92 Å². The molecule has 1 aliphatic rings. The molecule has 0 aromatic carbocycles. The van der Waals surface area contributed by atoms with Crippen molar-refractivity contribution in [1.29, 1.82) is 0 Å². The molecule has 0 aromatic rings. The Balaban J connectivity index is 2.33. The van der Waals surface area contributed by atoms with Crippen LogP contribution in [0.3, 0.4) is 0 Å². The highest BCUT2D eigenvalue weighted by atomic mass is 32.2. The number of aliphatic carboxylic acids is 1. The summed E-state index contributed by atoms with van der Waals surface area (Å²) in [6.45, 7) is 2.43. The first-order chi connectivity index (χ1) is 9.56. The van der Waals surface area contributed by atoms with Crippen LogP contribution in [0.4, 0.5) is 4.79 Å². The highest BCUT2D eigenvalue weighted by molar-refractivity contribution is 7.99. The minimum atomic E-state index is -1.04. The van der Waals surface area contributed by atoms with Crippen molar-refractivity contribution in [1.82, 2.24) is 10.6 Å². The van der Waals surface area contributed by atoms with Crippen molar-refractivity contribution in [2.75, 3.05) is 19.5 Å². The van der Waals surface area contributed by atoms with Crippen LogP contribution >= 0.6 is 11.8 Å². The molecule has 2 amide bonds. The number of rotatable bonds is 8. The predicted octanol–water partition coefficient (Wildman–Crippen LogP) is 1.45. The Morgan fingerprint density at radius 1 is 1.45 bits per heavy atom. The van der Waals surface area contributed by atoms with Crippen LogP contribution in [0.2, 0.25) is 0 Å². The minimum Gasteiger partial charge on any atom is -0.480 e. The molecule has 7 heteroatoms. The molecule has 0 spiro atoms. The number of thioether (sulfide) groups is 1. The molecule has 1 fully saturated rings. The number of hydrogen-bond donors (Lipinski definition) is 3. The number of carboxylic acid groups (broad SMARTS) is 1. The van der Waals surface area contributed by atoms with Gasteiger partial charge in [-0.05, 0) is 25.0 Å². The fraction of sp³-hybridized carbons (Fsp3) is 0.846. The Kier molecular flexibility index (Phi) is 7.76. The molecule has 6 nitrogen and oxygen atoms in total. The molecule has 0 radical (unpaired) electrons. The molecule has 3 unspecified atom stereocenters. The molecule has 1 rings (SSSR count).